The minimum absolute atomic E-state index is 0.0855. The van der Waals surface area contributed by atoms with Crippen molar-refractivity contribution in [1.29, 1.82) is 0 Å². The topological polar surface area (TPSA) is 97.1 Å². The first-order chi connectivity index (χ1) is 12.6. The molecule has 0 aliphatic carbocycles. The van der Waals surface area contributed by atoms with Crippen LogP contribution in [0.15, 0.2) is 35.0 Å². The van der Waals surface area contributed by atoms with Gasteiger partial charge in [-0.25, -0.2) is 4.98 Å². The summed E-state index contributed by atoms with van der Waals surface area (Å²) in [4.78, 5) is 19.0. The second-order valence-corrected chi connectivity index (χ2v) is 6.23. The number of carbonyl (C=O) groups excluding carboxylic acids is 1. The van der Waals surface area contributed by atoms with Crippen LogP contribution >= 0.6 is 0 Å². The molecule has 1 saturated heterocycles. The number of aromatic nitrogens is 4. The van der Waals surface area contributed by atoms with E-state index in [0.29, 0.717) is 25.4 Å². The van der Waals surface area contributed by atoms with Crippen LogP contribution in [0.3, 0.4) is 0 Å². The van der Waals surface area contributed by atoms with E-state index in [9.17, 15) is 4.79 Å². The Labute approximate surface area is 150 Å². The smallest absolute Gasteiger partial charge is 0.272 e. The molecular weight excluding hydrogens is 334 g/mol. The van der Waals surface area contributed by atoms with E-state index in [0.717, 1.165) is 28.4 Å². The number of nitrogens with zero attached hydrogens (tertiary/aromatic N) is 4. The molecule has 0 aromatic carbocycles. The summed E-state index contributed by atoms with van der Waals surface area (Å²) < 4.78 is 11.1. The minimum Gasteiger partial charge on any atom is -0.368 e. The van der Waals surface area contributed by atoms with E-state index in [2.05, 4.69) is 15.4 Å². The molecule has 26 heavy (non-hydrogen) atoms. The summed E-state index contributed by atoms with van der Waals surface area (Å²) >= 11 is 0. The SMILES string of the molecule is Cc1noc(C)c1-c1cccc(C2CN(C(=O)c3ccn[nH]3)CCO2)n1. The zero-order valence-electron chi connectivity index (χ0n) is 14.6. The van der Waals surface area contributed by atoms with E-state index in [1.165, 1.54) is 0 Å². The van der Waals surface area contributed by atoms with Gasteiger partial charge in [0.25, 0.3) is 5.91 Å². The van der Waals surface area contributed by atoms with Gasteiger partial charge in [-0.3, -0.25) is 9.89 Å². The Bertz CT molecular complexity index is 899. The summed E-state index contributed by atoms with van der Waals surface area (Å²) in [6.45, 7) is 5.20. The van der Waals surface area contributed by atoms with Gasteiger partial charge >= 0.3 is 0 Å². The lowest BCUT2D eigenvalue weighted by Crippen LogP contribution is -2.42. The molecule has 3 aromatic heterocycles. The Morgan fingerprint density at radius 2 is 2.19 bits per heavy atom. The third-order valence-corrected chi connectivity index (χ3v) is 4.47. The van der Waals surface area contributed by atoms with Crippen molar-refractivity contribution in [2.75, 3.05) is 19.7 Å². The lowest BCUT2D eigenvalue weighted by molar-refractivity contribution is -0.0248. The standard InChI is InChI=1S/C18H19N5O3/c1-11-17(12(2)26-22-11)14-5-3-4-13(20-14)16-10-23(8-9-25-16)18(24)15-6-7-19-21-15/h3-7,16H,8-10H2,1-2H3,(H,19,21). The quantitative estimate of drug-likeness (QED) is 0.776. The van der Waals surface area contributed by atoms with E-state index in [4.69, 9.17) is 14.2 Å². The molecule has 1 amide bonds. The van der Waals surface area contributed by atoms with E-state index in [-0.39, 0.29) is 12.0 Å². The number of nitrogens with one attached hydrogen (secondary N) is 1. The zero-order valence-corrected chi connectivity index (χ0v) is 14.6. The number of pyridine rings is 1. The first kappa shape index (κ1) is 16.5. The normalized spacial score (nSPS) is 17.5. The van der Waals surface area contributed by atoms with Gasteiger partial charge in [0.05, 0.1) is 35.8 Å². The van der Waals surface area contributed by atoms with Crippen molar-refractivity contribution in [3.63, 3.8) is 0 Å². The monoisotopic (exact) mass is 353 g/mol. The molecule has 1 N–H and O–H groups in total. The number of rotatable bonds is 3. The van der Waals surface area contributed by atoms with E-state index < -0.39 is 0 Å². The number of hydrogen-bond donors (Lipinski definition) is 1. The average molecular weight is 353 g/mol. The highest BCUT2D eigenvalue weighted by atomic mass is 16.5. The molecule has 1 atom stereocenters. The highest BCUT2D eigenvalue weighted by Crippen LogP contribution is 2.28. The molecule has 134 valence electrons. The molecule has 8 heteroatoms. The van der Waals surface area contributed by atoms with Gasteiger partial charge in [-0.15, -0.1) is 0 Å². The van der Waals surface area contributed by atoms with Crippen molar-refractivity contribution in [2.45, 2.75) is 20.0 Å². The van der Waals surface area contributed by atoms with Crippen LogP contribution in [0.4, 0.5) is 0 Å². The Morgan fingerprint density at radius 1 is 1.31 bits per heavy atom. The van der Waals surface area contributed by atoms with Crippen LogP contribution in [0.2, 0.25) is 0 Å². The summed E-state index contributed by atoms with van der Waals surface area (Å²) in [5.74, 6) is 0.644. The van der Waals surface area contributed by atoms with Crippen molar-refractivity contribution in [3.05, 3.63) is 53.3 Å². The van der Waals surface area contributed by atoms with E-state index in [1.54, 1.807) is 17.2 Å². The average Bonchev–Trinajstić information content (AvgIpc) is 3.31. The van der Waals surface area contributed by atoms with Crippen molar-refractivity contribution in [3.8, 4) is 11.3 Å². The van der Waals surface area contributed by atoms with Gasteiger partial charge in [0.2, 0.25) is 0 Å². The largest absolute Gasteiger partial charge is 0.368 e. The summed E-state index contributed by atoms with van der Waals surface area (Å²) in [5, 5.41) is 10.5. The number of H-pyrrole nitrogens is 1. The highest BCUT2D eigenvalue weighted by Gasteiger charge is 2.28. The molecule has 1 aliphatic rings. The number of carbonyl (C=O) groups is 1. The molecule has 4 rings (SSSR count). The van der Waals surface area contributed by atoms with Gasteiger partial charge in [-0.05, 0) is 32.0 Å². The maximum Gasteiger partial charge on any atom is 0.272 e. The van der Waals surface area contributed by atoms with Gasteiger partial charge in [0.15, 0.2) is 0 Å². The van der Waals surface area contributed by atoms with Gasteiger partial charge < -0.3 is 14.2 Å². The van der Waals surface area contributed by atoms with Crippen molar-refractivity contribution < 1.29 is 14.1 Å². The predicted molar refractivity (Wildman–Crippen MR) is 92.4 cm³/mol. The molecule has 1 aliphatic heterocycles. The second kappa shape index (κ2) is 6.72. The minimum atomic E-state index is -0.281. The first-order valence-corrected chi connectivity index (χ1v) is 8.44. The van der Waals surface area contributed by atoms with Crippen LogP contribution in [-0.2, 0) is 4.74 Å². The summed E-state index contributed by atoms with van der Waals surface area (Å²) in [5.41, 5.74) is 3.74. The third-order valence-electron chi connectivity index (χ3n) is 4.47. The molecule has 4 heterocycles. The third kappa shape index (κ3) is 2.99. The Balaban J connectivity index is 1.58. The zero-order chi connectivity index (χ0) is 18.1. The maximum atomic E-state index is 12.5. The number of aryl methyl sites for hydroxylation is 2. The summed E-state index contributed by atoms with van der Waals surface area (Å²) in [7, 11) is 0. The molecule has 1 fully saturated rings. The van der Waals surface area contributed by atoms with E-state index >= 15 is 0 Å². The predicted octanol–water partition coefficient (Wildman–Crippen LogP) is 2.29. The number of aromatic amines is 1. The van der Waals surface area contributed by atoms with Gasteiger partial charge in [0, 0.05) is 12.7 Å². The molecular formula is C18H19N5O3. The van der Waals surface area contributed by atoms with Crippen molar-refractivity contribution in [1.82, 2.24) is 25.2 Å². The molecule has 0 spiro atoms. The Morgan fingerprint density at radius 3 is 2.92 bits per heavy atom. The number of morpholine rings is 1. The lowest BCUT2D eigenvalue weighted by atomic mass is 10.1. The fourth-order valence-corrected chi connectivity index (χ4v) is 3.18. The van der Waals surface area contributed by atoms with Gasteiger partial charge in [-0.1, -0.05) is 11.2 Å². The second-order valence-electron chi connectivity index (χ2n) is 6.23. The number of hydrogen-bond acceptors (Lipinski definition) is 6. The number of ether oxygens (including phenoxy) is 1. The fourth-order valence-electron chi connectivity index (χ4n) is 3.18. The lowest BCUT2D eigenvalue weighted by Gasteiger charge is -2.32. The molecule has 3 aromatic rings. The van der Waals surface area contributed by atoms with Gasteiger partial charge in [-0.2, -0.15) is 5.10 Å². The van der Waals surface area contributed by atoms with Crippen LogP contribution < -0.4 is 0 Å². The van der Waals surface area contributed by atoms with Crippen LogP contribution in [0.1, 0.15) is 33.7 Å². The number of amides is 1. The van der Waals surface area contributed by atoms with Gasteiger partial charge in [0.1, 0.15) is 17.6 Å². The van der Waals surface area contributed by atoms with Crippen LogP contribution in [0, 0.1) is 13.8 Å². The van der Waals surface area contributed by atoms with E-state index in [1.807, 2.05) is 32.0 Å². The molecule has 1 unspecified atom stereocenters. The highest BCUT2D eigenvalue weighted by molar-refractivity contribution is 5.92. The molecule has 8 nitrogen and oxygen atoms in total. The Hall–Kier alpha value is -3.00. The van der Waals surface area contributed by atoms with Crippen LogP contribution in [0.25, 0.3) is 11.3 Å². The summed E-state index contributed by atoms with van der Waals surface area (Å²) in [6, 6.07) is 7.44. The van der Waals surface area contributed by atoms with Crippen LogP contribution in [0.5, 0.6) is 0 Å². The van der Waals surface area contributed by atoms with Crippen molar-refractivity contribution in [2.24, 2.45) is 0 Å². The van der Waals surface area contributed by atoms with Crippen molar-refractivity contribution >= 4 is 5.91 Å². The molecule has 0 bridgehead atoms. The first-order valence-electron chi connectivity index (χ1n) is 8.44. The Kier molecular flexibility index (Phi) is 4.26. The summed E-state index contributed by atoms with van der Waals surface area (Å²) in [6.07, 6.45) is 1.29. The van der Waals surface area contributed by atoms with Crippen LogP contribution in [-0.4, -0.2) is 50.8 Å². The maximum absolute atomic E-state index is 12.5. The molecule has 0 radical (unpaired) electrons. The molecule has 0 saturated carbocycles. The fraction of sp³-hybridized carbons (Fsp3) is 0.333.